The maximum absolute atomic E-state index is 12.7. The molecule has 1 unspecified atom stereocenters. The summed E-state index contributed by atoms with van der Waals surface area (Å²) in [5.74, 6) is -1.11. The van der Waals surface area contributed by atoms with E-state index in [-0.39, 0.29) is 41.9 Å². The van der Waals surface area contributed by atoms with Crippen LogP contribution in [0.15, 0.2) is 46.0 Å². The molecule has 9 heteroatoms. The van der Waals surface area contributed by atoms with E-state index < -0.39 is 11.5 Å². The molecule has 1 atom stereocenters. The molecule has 3 rings (SSSR count). The van der Waals surface area contributed by atoms with Gasteiger partial charge in [0.05, 0.1) is 6.61 Å². The minimum absolute atomic E-state index is 0.0687. The molecule has 9 nitrogen and oxygen atoms in total. The number of carbonyl (C=O) groups is 2. The van der Waals surface area contributed by atoms with Crippen LogP contribution in [0.5, 0.6) is 0 Å². The molecule has 2 heterocycles. The molecule has 29 heavy (non-hydrogen) atoms. The first-order valence-corrected chi connectivity index (χ1v) is 9.34. The van der Waals surface area contributed by atoms with Crippen molar-refractivity contribution in [3.8, 4) is 0 Å². The van der Waals surface area contributed by atoms with Crippen molar-refractivity contribution < 1.29 is 18.8 Å². The zero-order chi connectivity index (χ0) is 20.8. The van der Waals surface area contributed by atoms with Crippen LogP contribution in [0.4, 0.5) is 0 Å². The fourth-order valence-corrected chi connectivity index (χ4v) is 2.91. The molecule has 1 aromatic carbocycles. The number of nitrogens with one attached hydrogen (secondary N) is 1. The van der Waals surface area contributed by atoms with Gasteiger partial charge in [0.1, 0.15) is 18.3 Å². The fraction of sp³-hybridized carbons (Fsp3) is 0.350. The third-order valence-electron chi connectivity index (χ3n) is 4.36. The van der Waals surface area contributed by atoms with Crippen LogP contribution < -0.4 is 10.9 Å². The normalized spacial score (nSPS) is 11.9. The monoisotopic (exact) mass is 398 g/mol. The predicted molar refractivity (Wildman–Crippen MR) is 104 cm³/mol. The molecule has 2 aromatic heterocycles. The Bertz CT molecular complexity index is 1060. The lowest BCUT2D eigenvalue weighted by Gasteiger charge is -2.14. The van der Waals surface area contributed by atoms with Crippen LogP contribution in [0, 0.1) is 0 Å². The summed E-state index contributed by atoms with van der Waals surface area (Å²) < 4.78 is 10.9. The van der Waals surface area contributed by atoms with E-state index in [9.17, 15) is 14.4 Å². The molecule has 0 aliphatic rings. The number of hydrogen-bond donors (Lipinski definition) is 1. The second-order valence-corrected chi connectivity index (χ2v) is 6.60. The van der Waals surface area contributed by atoms with Gasteiger partial charge in [-0.3, -0.25) is 14.2 Å². The molecule has 0 saturated carbocycles. The Kier molecular flexibility index (Phi) is 6.38. The summed E-state index contributed by atoms with van der Waals surface area (Å²) in [6.45, 7) is 3.44. The summed E-state index contributed by atoms with van der Waals surface area (Å²) in [6.07, 6.45) is 2.79. The van der Waals surface area contributed by atoms with Gasteiger partial charge in [-0.05, 0) is 32.3 Å². The van der Waals surface area contributed by atoms with Crippen molar-refractivity contribution in [3.63, 3.8) is 0 Å². The van der Waals surface area contributed by atoms with Gasteiger partial charge in [-0.1, -0.05) is 35.5 Å². The number of hydrogen-bond acceptors (Lipinski definition) is 7. The van der Waals surface area contributed by atoms with E-state index in [2.05, 4.69) is 15.5 Å². The Morgan fingerprint density at radius 1 is 1.28 bits per heavy atom. The number of ether oxygens (including phenoxy) is 1. The highest BCUT2D eigenvalue weighted by molar-refractivity contribution is 5.99. The van der Waals surface area contributed by atoms with Crippen LogP contribution >= 0.6 is 0 Å². The number of amides is 1. The predicted octanol–water partition coefficient (Wildman–Crippen LogP) is 1.70. The summed E-state index contributed by atoms with van der Waals surface area (Å²) in [4.78, 5) is 40.9. The second-order valence-electron chi connectivity index (χ2n) is 6.60. The van der Waals surface area contributed by atoms with E-state index >= 15 is 0 Å². The molecule has 0 aliphatic heterocycles. The first-order chi connectivity index (χ1) is 14.0. The van der Waals surface area contributed by atoms with Crippen molar-refractivity contribution >= 4 is 23.0 Å². The highest BCUT2D eigenvalue weighted by atomic mass is 16.5. The van der Waals surface area contributed by atoms with Crippen molar-refractivity contribution in [1.29, 1.82) is 0 Å². The minimum Gasteiger partial charge on any atom is -0.461 e. The van der Waals surface area contributed by atoms with Crippen LogP contribution in [-0.4, -0.2) is 39.2 Å². The van der Waals surface area contributed by atoms with Gasteiger partial charge < -0.3 is 14.6 Å². The van der Waals surface area contributed by atoms with Gasteiger partial charge >= 0.3 is 5.97 Å². The number of nitrogens with zero attached hydrogens (tertiary/aromatic N) is 3. The Morgan fingerprint density at radius 2 is 2.03 bits per heavy atom. The van der Waals surface area contributed by atoms with Crippen molar-refractivity contribution in [2.24, 2.45) is 0 Å². The Balaban J connectivity index is 1.67. The number of benzene rings is 1. The zero-order valence-electron chi connectivity index (χ0n) is 16.3. The number of rotatable bonds is 8. The Labute approximate surface area is 166 Å². The van der Waals surface area contributed by atoms with Crippen LogP contribution in [0.25, 0.3) is 11.1 Å². The standard InChI is InChI=1S/C20H22N4O5/c1-3-28-20(27)17-16-18(29-23-17)21-12-24(19(16)26)11-15(25)22-13(2)9-10-14-7-5-4-6-8-14/h4-8,12-13H,3,9-11H2,1-2H3,(H,22,25). The van der Waals surface area contributed by atoms with Crippen LogP contribution in [0.2, 0.25) is 0 Å². The van der Waals surface area contributed by atoms with Crippen molar-refractivity contribution in [1.82, 2.24) is 20.0 Å². The lowest BCUT2D eigenvalue weighted by molar-refractivity contribution is -0.122. The van der Waals surface area contributed by atoms with Crippen LogP contribution in [-0.2, 0) is 22.5 Å². The highest BCUT2D eigenvalue weighted by Gasteiger charge is 2.23. The van der Waals surface area contributed by atoms with Crippen molar-refractivity contribution in [2.75, 3.05) is 6.61 Å². The number of carbonyl (C=O) groups excluding carboxylic acids is 2. The molecule has 0 radical (unpaired) electrons. The summed E-state index contributed by atoms with van der Waals surface area (Å²) in [6, 6.07) is 9.91. The molecule has 1 amide bonds. The molecular formula is C20H22N4O5. The molecule has 1 N–H and O–H groups in total. The summed E-state index contributed by atoms with van der Waals surface area (Å²) in [7, 11) is 0. The third-order valence-corrected chi connectivity index (χ3v) is 4.36. The number of fused-ring (bicyclic) bond motifs is 1. The minimum atomic E-state index is -0.776. The van der Waals surface area contributed by atoms with Crippen molar-refractivity contribution in [2.45, 2.75) is 39.3 Å². The zero-order valence-corrected chi connectivity index (χ0v) is 16.3. The lowest BCUT2D eigenvalue weighted by Crippen LogP contribution is -2.37. The molecule has 0 fully saturated rings. The molecule has 0 spiro atoms. The molecule has 3 aromatic rings. The summed E-state index contributed by atoms with van der Waals surface area (Å²) in [5, 5.41) is 6.34. The maximum Gasteiger partial charge on any atom is 0.361 e. The largest absolute Gasteiger partial charge is 0.461 e. The molecule has 0 saturated heterocycles. The van der Waals surface area contributed by atoms with Crippen LogP contribution in [0.3, 0.4) is 0 Å². The summed E-state index contributed by atoms with van der Waals surface area (Å²) >= 11 is 0. The van der Waals surface area contributed by atoms with E-state index in [1.54, 1.807) is 6.92 Å². The first-order valence-electron chi connectivity index (χ1n) is 9.34. The Hall–Kier alpha value is -3.49. The summed E-state index contributed by atoms with van der Waals surface area (Å²) in [5.41, 5.74) is 0.279. The van der Waals surface area contributed by atoms with Gasteiger partial charge in [-0.15, -0.1) is 0 Å². The van der Waals surface area contributed by atoms with E-state index in [1.165, 1.54) is 11.9 Å². The van der Waals surface area contributed by atoms with E-state index in [0.717, 1.165) is 17.4 Å². The number of aryl methyl sites for hydroxylation is 1. The van der Waals surface area contributed by atoms with Gasteiger partial charge in [0.2, 0.25) is 11.6 Å². The molecule has 152 valence electrons. The van der Waals surface area contributed by atoms with Gasteiger partial charge in [0.25, 0.3) is 11.3 Å². The topological polar surface area (TPSA) is 116 Å². The van der Waals surface area contributed by atoms with E-state index in [1.807, 2.05) is 37.3 Å². The average molecular weight is 398 g/mol. The van der Waals surface area contributed by atoms with Gasteiger partial charge in [0, 0.05) is 6.04 Å². The fourth-order valence-electron chi connectivity index (χ4n) is 2.91. The smallest absolute Gasteiger partial charge is 0.361 e. The number of esters is 1. The second kappa shape index (κ2) is 9.13. The molecule has 0 bridgehead atoms. The first kappa shape index (κ1) is 20.2. The molecular weight excluding hydrogens is 376 g/mol. The third kappa shape index (κ3) is 4.87. The average Bonchev–Trinajstić information content (AvgIpc) is 3.14. The van der Waals surface area contributed by atoms with Gasteiger partial charge in [-0.25, -0.2) is 9.78 Å². The van der Waals surface area contributed by atoms with Gasteiger partial charge in [-0.2, -0.15) is 0 Å². The maximum atomic E-state index is 12.7. The molecule has 0 aliphatic carbocycles. The van der Waals surface area contributed by atoms with Crippen LogP contribution in [0.1, 0.15) is 36.3 Å². The lowest BCUT2D eigenvalue weighted by atomic mass is 10.1. The Morgan fingerprint density at radius 3 is 2.76 bits per heavy atom. The van der Waals surface area contributed by atoms with E-state index in [4.69, 9.17) is 9.26 Å². The van der Waals surface area contributed by atoms with Gasteiger partial charge in [0.15, 0.2) is 0 Å². The highest BCUT2D eigenvalue weighted by Crippen LogP contribution is 2.12. The van der Waals surface area contributed by atoms with Crippen molar-refractivity contribution in [3.05, 3.63) is 58.3 Å². The quantitative estimate of drug-likeness (QED) is 0.574. The van der Waals surface area contributed by atoms with E-state index in [0.29, 0.717) is 0 Å². The SMILES string of the molecule is CCOC(=O)c1noc2ncn(CC(=O)NC(C)CCc3ccccc3)c(=O)c12. The number of aromatic nitrogens is 3.